The topological polar surface area (TPSA) is 97.7 Å². The number of nitrogens with one attached hydrogen (secondary N) is 1. The van der Waals surface area contributed by atoms with Crippen molar-refractivity contribution in [2.75, 3.05) is 28.4 Å². The number of aromatic amines is 1. The second-order valence-electron chi connectivity index (χ2n) is 7.65. The Kier molecular flexibility index (Phi) is 5.33. The molecule has 0 unspecified atom stereocenters. The maximum absolute atomic E-state index is 10.5. The molecule has 5 rings (SSSR count). The van der Waals surface area contributed by atoms with Gasteiger partial charge in [0.15, 0.2) is 23.2 Å². The number of H-pyrrole nitrogens is 1. The third kappa shape index (κ3) is 3.59. The van der Waals surface area contributed by atoms with Crippen molar-refractivity contribution in [2.45, 2.75) is 0 Å². The normalized spacial score (nSPS) is 12.8. The molecule has 0 aliphatic carbocycles. The molecule has 2 N–H and O–H groups in total. The highest BCUT2D eigenvalue weighted by atomic mass is 16.5. The first-order valence-corrected chi connectivity index (χ1v) is 10.5. The summed E-state index contributed by atoms with van der Waals surface area (Å²) in [5, 5.41) is 13.0. The average molecular weight is 457 g/mol. The summed E-state index contributed by atoms with van der Waals surface area (Å²) < 4.78 is 21.6. The van der Waals surface area contributed by atoms with Gasteiger partial charge in [-0.05, 0) is 53.8 Å². The van der Waals surface area contributed by atoms with E-state index in [0.29, 0.717) is 34.4 Å². The first kappa shape index (κ1) is 21.4. The van der Waals surface area contributed by atoms with Crippen LogP contribution in [0.25, 0.3) is 17.0 Å². The number of fused-ring (bicyclic) bond motifs is 2. The quantitative estimate of drug-likeness (QED) is 0.462. The monoisotopic (exact) mass is 457 g/mol. The summed E-state index contributed by atoms with van der Waals surface area (Å²) in [6.07, 6.45) is 1.90. The molecule has 34 heavy (non-hydrogen) atoms. The average Bonchev–Trinajstić information content (AvgIpc) is 3.43. The van der Waals surface area contributed by atoms with E-state index >= 15 is 0 Å². The van der Waals surface area contributed by atoms with Gasteiger partial charge in [0, 0.05) is 22.0 Å². The Morgan fingerprint density at radius 3 is 2.26 bits per heavy atom. The second-order valence-corrected chi connectivity index (χ2v) is 7.65. The van der Waals surface area contributed by atoms with E-state index in [2.05, 4.69) is 9.98 Å². The minimum Gasteiger partial charge on any atom is -0.497 e. The lowest BCUT2D eigenvalue weighted by atomic mass is 10.1. The van der Waals surface area contributed by atoms with Crippen LogP contribution in [0.1, 0.15) is 11.1 Å². The zero-order valence-electron chi connectivity index (χ0n) is 19.2. The number of benzene rings is 3. The van der Waals surface area contributed by atoms with Crippen molar-refractivity contribution in [3.63, 3.8) is 0 Å². The molecule has 0 amide bonds. The molecule has 0 saturated heterocycles. The van der Waals surface area contributed by atoms with E-state index in [-0.39, 0.29) is 5.88 Å². The maximum atomic E-state index is 10.5. The van der Waals surface area contributed by atoms with Crippen LogP contribution in [0.5, 0.6) is 28.9 Å². The summed E-state index contributed by atoms with van der Waals surface area (Å²) >= 11 is 0. The van der Waals surface area contributed by atoms with Gasteiger partial charge in [-0.25, -0.2) is 9.98 Å². The van der Waals surface area contributed by atoms with Crippen molar-refractivity contribution in [1.29, 1.82) is 0 Å². The van der Waals surface area contributed by atoms with Gasteiger partial charge in [-0.2, -0.15) is 0 Å². The van der Waals surface area contributed by atoms with Gasteiger partial charge < -0.3 is 29.0 Å². The van der Waals surface area contributed by atoms with Crippen molar-refractivity contribution < 1.29 is 24.1 Å². The number of methoxy groups -OCH3 is 4. The molecule has 8 heteroatoms. The molecule has 2 heterocycles. The summed E-state index contributed by atoms with van der Waals surface area (Å²) in [5.41, 5.74) is 2.98. The summed E-state index contributed by atoms with van der Waals surface area (Å²) in [5.74, 6) is 2.93. The number of rotatable bonds is 6. The van der Waals surface area contributed by atoms with E-state index in [4.69, 9.17) is 23.9 Å². The number of aromatic hydroxyl groups is 1. The molecule has 0 atom stereocenters. The molecule has 0 bridgehead atoms. The van der Waals surface area contributed by atoms with Gasteiger partial charge in [-0.1, -0.05) is 6.07 Å². The van der Waals surface area contributed by atoms with E-state index < -0.39 is 0 Å². The van der Waals surface area contributed by atoms with E-state index in [1.807, 2.05) is 54.6 Å². The zero-order valence-corrected chi connectivity index (χ0v) is 19.2. The standard InChI is InChI=1S/C26H23N3O5/c1-31-16-6-8-19-17(13-16)18(26(30)29-19)9-14-5-7-20-21(10-14)28-25(27-20)15-11-22(32-2)24(34-4)23(12-15)33-3/h5-13,29-30H,1-4H3/b14-9-. The first-order valence-electron chi connectivity index (χ1n) is 10.5. The number of aliphatic imine (C=N–C) groups is 1. The van der Waals surface area contributed by atoms with Gasteiger partial charge >= 0.3 is 0 Å². The minimum atomic E-state index is 0.0926. The van der Waals surface area contributed by atoms with Gasteiger partial charge in [0.25, 0.3) is 0 Å². The molecule has 0 fully saturated rings. The highest BCUT2D eigenvalue weighted by Crippen LogP contribution is 2.39. The van der Waals surface area contributed by atoms with E-state index in [1.54, 1.807) is 28.4 Å². The SMILES string of the molecule is COc1ccc2[nH]c(O)c(/C=c3/ccc4c(c3)N=C(c3cc(OC)c(OC)c(OC)c3)N=4)c2c1. The van der Waals surface area contributed by atoms with Crippen LogP contribution in [0.15, 0.2) is 58.5 Å². The molecular weight excluding hydrogens is 434 g/mol. The summed E-state index contributed by atoms with van der Waals surface area (Å²) in [4.78, 5) is 12.4. The number of hydrogen-bond donors (Lipinski definition) is 2. The van der Waals surface area contributed by atoms with Gasteiger partial charge in [0.2, 0.25) is 5.75 Å². The van der Waals surface area contributed by atoms with Crippen LogP contribution in [0.4, 0.5) is 5.69 Å². The van der Waals surface area contributed by atoms with Crippen molar-refractivity contribution in [3.8, 4) is 28.9 Å². The molecule has 0 spiro atoms. The smallest absolute Gasteiger partial charge is 0.203 e. The Morgan fingerprint density at radius 1 is 0.824 bits per heavy atom. The van der Waals surface area contributed by atoms with Crippen LogP contribution in [0.3, 0.4) is 0 Å². The Balaban J connectivity index is 1.57. The number of aromatic nitrogens is 1. The Morgan fingerprint density at radius 2 is 1.59 bits per heavy atom. The fourth-order valence-corrected chi connectivity index (χ4v) is 4.02. The lowest BCUT2D eigenvalue weighted by molar-refractivity contribution is 0.324. The predicted octanol–water partition coefficient (Wildman–Crippen LogP) is 3.45. The molecule has 8 nitrogen and oxygen atoms in total. The number of ether oxygens (including phenoxy) is 4. The highest BCUT2D eigenvalue weighted by Gasteiger charge is 2.18. The molecule has 0 radical (unpaired) electrons. The summed E-state index contributed by atoms with van der Waals surface area (Å²) in [6.45, 7) is 0. The molecule has 172 valence electrons. The van der Waals surface area contributed by atoms with Crippen LogP contribution < -0.4 is 29.5 Å². The van der Waals surface area contributed by atoms with Crippen LogP contribution in [-0.2, 0) is 0 Å². The molecule has 1 aliphatic heterocycles. The molecular formula is C26H23N3O5. The Labute approximate surface area is 195 Å². The van der Waals surface area contributed by atoms with Gasteiger partial charge in [0.05, 0.1) is 39.5 Å². The van der Waals surface area contributed by atoms with Crippen LogP contribution >= 0.6 is 0 Å². The molecule has 1 aliphatic rings. The largest absolute Gasteiger partial charge is 0.497 e. The first-order chi connectivity index (χ1) is 16.5. The second kappa shape index (κ2) is 8.47. The fourth-order valence-electron chi connectivity index (χ4n) is 4.02. The Hall–Kier alpha value is -4.46. The highest BCUT2D eigenvalue weighted by molar-refractivity contribution is 6.03. The number of amidine groups is 1. The van der Waals surface area contributed by atoms with Gasteiger partial charge in [0.1, 0.15) is 5.75 Å². The van der Waals surface area contributed by atoms with Gasteiger partial charge in [-0.3, -0.25) is 0 Å². The summed E-state index contributed by atoms with van der Waals surface area (Å²) in [7, 11) is 6.32. The van der Waals surface area contributed by atoms with Crippen LogP contribution in [-0.4, -0.2) is 44.4 Å². The van der Waals surface area contributed by atoms with Crippen LogP contribution in [0, 0.1) is 0 Å². The van der Waals surface area contributed by atoms with E-state index in [0.717, 1.165) is 32.7 Å². The fraction of sp³-hybridized carbons (Fsp3) is 0.154. The molecule has 3 aromatic carbocycles. The van der Waals surface area contributed by atoms with Crippen molar-refractivity contribution in [3.05, 3.63) is 70.2 Å². The molecule has 4 aromatic rings. The zero-order chi connectivity index (χ0) is 23.8. The van der Waals surface area contributed by atoms with Crippen LogP contribution in [0.2, 0.25) is 0 Å². The number of hydrogen-bond acceptors (Lipinski definition) is 7. The molecule has 0 saturated carbocycles. The minimum absolute atomic E-state index is 0.0926. The van der Waals surface area contributed by atoms with Crippen molar-refractivity contribution in [1.82, 2.24) is 4.98 Å². The van der Waals surface area contributed by atoms with Crippen molar-refractivity contribution in [2.24, 2.45) is 9.98 Å². The maximum Gasteiger partial charge on any atom is 0.203 e. The predicted molar refractivity (Wildman–Crippen MR) is 130 cm³/mol. The third-order valence-corrected chi connectivity index (χ3v) is 5.71. The summed E-state index contributed by atoms with van der Waals surface area (Å²) in [6, 6.07) is 15.0. The lowest BCUT2D eigenvalue weighted by Gasteiger charge is -2.13. The third-order valence-electron chi connectivity index (χ3n) is 5.71. The number of nitrogens with zero attached hydrogens (tertiary/aromatic N) is 2. The van der Waals surface area contributed by atoms with E-state index in [9.17, 15) is 5.11 Å². The van der Waals surface area contributed by atoms with Crippen molar-refractivity contribution >= 4 is 28.5 Å². The van der Waals surface area contributed by atoms with E-state index in [1.165, 1.54) is 0 Å². The molecule has 1 aromatic heterocycles. The Bertz CT molecular complexity index is 1540. The lowest BCUT2D eigenvalue weighted by Crippen LogP contribution is -2.07. The van der Waals surface area contributed by atoms with Gasteiger partial charge in [-0.15, -0.1) is 0 Å².